The molecule has 5 aromatic rings. The molecular formula is C24H18N4S. The summed E-state index contributed by atoms with van der Waals surface area (Å²) in [5.41, 5.74) is 6.04. The molecule has 0 unspecified atom stereocenters. The van der Waals surface area contributed by atoms with Gasteiger partial charge in [0.2, 0.25) is 0 Å². The van der Waals surface area contributed by atoms with Crippen molar-refractivity contribution >= 4 is 23.1 Å². The van der Waals surface area contributed by atoms with E-state index in [1.165, 1.54) is 0 Å². The lowest BCUT2D eigenvalue weighted by atomic mass is 10.0. The van der Waals surface area contributed by atoms with Crippen LogP contribution in [0.5, 0.6) is 0 Å². The maximum Gasteiger partial charge on any atom is 0.200 e. The first kappa shape index (κ1) is 17.5. The molecule has 0 saturated carbocycles. The van der Waals surface area contributed by atoms with Crippen LogP contribution in [0.1, 0.15) is 5.56 Å². The van der Waals surface area contributed by atoms with E-state index in [0.29, 0.717) is 4.77 Å². The molecule has 0 spiro atoms. The topological polar surface area (TPSA) is 46.5 Å². The average Bonchev–Trinajstić information content (AvgIpc) is 3.15. The second kappa shape index (κ2) is 7.11. The highest BCUT2D eigenvalue weighted by Crippen LogP contribution is 2.32. The lowest BCUT2D eigenvalue weighted by molar-refractivity contribution is 1.02. The summed E-state index contributed by atoms with van der Waals surface area (Å²) in [5, 5.41) is 8.63. The SMILES string of the molecule is Cc1ccccc1-n1c(-c2cc(-c3ccccc3)nc3ccccc23)n[nH]c1=S. The fraction of sp³-hybridized carbons (Fsp3) is 0.0417. The zero-order valence-electron chi connectivity index (χ0n) is 15.8. The van der Waals surface area contributed by atoms with Gasteiger partial charge in [-0.25, -0.2) is 4.98 Å². The number of hydrogen-bond acceptors (Lipinski definition) is 3. The van der Waals surface area contributed by atoms with Crippen LogP contribution in [0.25, 0.3) is 39.2 Å². The summed E-state index contributed by atoms with van der Waals surface area (Å²) >= 11 is 5.59. The van der Waals surface area contributed by atoms with Crippen LogP contribution in [0.4, 0.5) is 0 Å². The maximum atomic E-state index is 5.59. The van der Waals surface area contributed by atoms with Crippen molar-refractivity contribution < 1.29 is 0 Å². The molecule has 0 atom stereocenters. The Bertz CT molecular complexity index is 1380. The van der Waals surface area contributed by atoms with E-state index in [2.05, 4.69) is 53.5 Å². The molecule has 0 bridgehead atoms. The number of aryl methyl sites for hydroxylation is 1. The first-order valence-electron chi connectivity index (χ1n) is 9.41. The Balaban J connectivity index is 1.83. The number of fused-ring (bicyclic) bond motifs is 1. The third-order valence-electron chi connectivity index (χ3n) is 5.06. The highest BCUT2D eigenvalue weighted by molar-refractivity contribution is 7.71. The third-order valence-corrected chi connectivity index (χ3v) is 5.33. The summed E-state index contributed by atoms with van der Waals surface area (Å²) < 4.78 is 2.57. The minimum Gasteiger partial charge on any atom is -0.268 e. The number of para-hydroxylation sites is 2. The van der Waals surface area contributed by atoms with E-state index in [1.54, 1.807) is 0 Å². The molecule has 2 heterocycles. The Kier molecular flexibility index (Phi) is 4.30. The van der Waals surface area contributed by atoms with Gasteiger partial charge in [0, 0.05) is 16.5 Å². The zero-order valence-corrected chi connectivity index (χ0v) is 16.6. The van der Waals surface area contributed by atoms with Crippen molar-refractivity contribution in [2.75, 3.05) is 0 Å². The largest absolute Gasteiger partial charge is 0.268 e. The summed E-state index contributed by atoms with van der Waals surface area (Å²) in [4.78, 5) is 4.89. The number of benzene rings is 3. The molecule has 1 N–H and O–H groups in total. The molecule has 29 heavy (non-hydrogen) atoms. The minimum absolute atomic E-state index is 0.566. The van der Waals surface area contributed by atoms with Crippen molar-refractivity contribution in [1.82, 2.24) is 19.7 Å². The summed E-state index contributed by atoms with van der Waals surface area (Å²) in [7, 11) is 0. The van der Waals surface area contributed by atoms with Crippen molar-refractivity contribution in [3.05, 3.63) is 95.3 Å². The van der Waals surface area contributed by atoms with Gasteiger partial charge >= 0.3 is 0 Å². The lowest BCUT2D eigenvalue weighted by Crippen LogP contribution is -2.01. The molecule has 0 radical (unpaired) electrons. The van der Waals surface area contributed by atoms with Gasteiger partial charge < -0.3 is 0 Å². The molecule has 0 aliphatic rings. The van der Waals surface area contributed by atoms with Crippen LogP contribution in [0.2, 0.25) is 0 Å². The van der Waals surface area contributed by atoms with Crippen LogP contribution in [0.3, 0.4) is 0 Å². The predicted octanol–water partition coefficient (Wildman–Crippen LogP) is 6.12. The van der Waals surface area contributed by atoms with Crippen LogP contribution in [-0.4, -0.2) is 19.7 Å². The van der Waals surface area contributed by atoms with E-state index >= 15 is 0 Å². The van der Waals surface area contributed by atoms with Gasteiger partial charge in [0.05, 0.1) is 16.9 Å². The van der Waals surface area contributed by atoms with Gasteiger partial charge in [0.1, 0.15) is 0 Å². The molecule has 0 aliphatic heterocycles. The Morgan fingerprint density at radius 2 is 1.59 bits per heavy atom. The summed E-state index contributed by atoms with van der Waals surface area (Å²) in [6.07, 6.45) is 0. The number of pyridine rings is 1. The van der Waals surface area contributed by atoms with Gasteiger partial charge in [-0.3, -0.25) is 9.67 Å². The first-order valence-corrected chi connectivity index (χ1v) is 9.82. The van der Waals surface area contributed by atoms with Crippen molar-refractivity contribution in [3.8, 4) is 28.3 Å². The number of aromatic nitrogens is 4. The highest BCUT2D eigenvalue weighted by atomic mass is 32.1. The predicted molar refractivity (Wildman–Crippen MR) is 120 cm³/mol. The fourth-order valence-electron chi connectivity index (χ4n) is 3.63. The van der Waals surface area contributed by atoms with E-state index in [9.17, 15) is 0 Å². The van der Waals surface area contributed by atoms with Gasteiger partial charge in [-0.05, 0) is 42.9 Å². The molecular weight excluding hydrogens is 376 g/mol. The molecule has 0 amide bonds. The van der Waals surface area contributed by atoms with Gasteiger partial charge in [0.15, 0.2) is 10.6 Å². The van der Waals surface area contributed by atoms with Crippen LogP contribution >= 0.6 is 12.2 Å². The molecule has 5 heteroatoms. The monoisotopic (exact) mass is 394 g/mol. The van der Waals surface area contributed by atoms with Crippen LogP contribution < -0.4 is 0 Å². The van der Waals surface area contributed by atoms with Crippen LogP contribution in [-0.2, 0) is 0 Å². The van der Waals surface area contributed by atoms with E-state index in [4.69, 9.17) is 17.2 Å². The van der Waals surface area contributed by atoms with E-state index in [1.807, 2.05) is 53.1 Å². The molecule has 140 valence electrons. The minimum atomic E-state index is 0.566. The summed E-state index contributed by atoms with van der Waals surface area (Å²) in [6.45, 7) is 2.08. The summed E-state index contributed by atoms with van der Waals surface area (Å²) in [5.74, 6) is 0.778. The molecule has 0 saturated heterocycles. The standard InChI is InChI=1S/C24H18N4S/c1-16-9-5-8-14-22(16)28-23(26-27-24(28)29)19-15-21(17-10-3-2-4-11-17)25-20-13-7-6-12-18(19)20/h2-15H,1H3,(H,27,29). The van der Waals surface area contributed by atoms with Gasteiger partial charge in [-0.2, -0.15) is 5.10 Å². The normalized spacial score (nSPS) is 11.1. The molecule has 5 rings (SSSR count). The molecule has 3 aromatic carbocycles. The number of rotatable bonds is 3. The average molecular weight is 395 g/mol. The number of H-pyrrole nitrogens is 1. The maximum absolute atomic E-state index is 5.59. The number of nitrogens with zero attached hydrogens (tertiary/aromatic N) is 3. The molecule has 4 nitrogen and oxygen atoms in total. The van der Waals surface area contributed by atoms with Crippen LogP contribution in [0, 0.1) is 11.7 Å². The number of nitrogens with one attached hydrogen (secondary N) is 1. The zero-order chi connectivity index (χ0) is 19.8. The van der Waals surface area contributed by atoms with Gasteiger partial charge in [-0.1, -0.05) is 66.7 Å². The van der Waals surface area contributed by atoms with E-state index in [0.717, 1.165) is 44.8 Å². The Hall–Kier alpha value is -3.57. The van der Waals surface area contributed by atoms with Gasteiger partial charge in [-0.15, -0.1) is 0 Å². The van der Waals surface area contributed by atoms with Crippen molar-refractivity contribution in [1.29, 1.82) is 0 Å². The highest BCUT2D eigenvalue weighted by Gasteiger charge is 2.17. The number of hydrogen-bond donors (Lipinski definition) is 1. The Labute approximate surface area is 173 Å². The van der Waals surface area contributed by atoms with Crippen molar-refractivity contribution in [2.24, 2.45) is 0 Å². The molecule has 2 aromatic heterocycles. The summed E-state index contributed by atoms with van der Waals surface area (Å²) in [6, 6.07) is 28.6. The molecule has 0 fully saturated rings. The van der Waals surface area contributed by atoms with Crippen LogP contribution in [0.15, 0.2) is 84.9 Å². The third kappa shape index (κ3) is 3.05. The van der Waals surface area contributed by atoms with E-state index in [-0.39, 0.29) is 0 Å². The van der Waals surface area contributed by atoms with E-state index < -0.39 is 0 Å². The molecule has 0 aliphatic carbocycles. The smallest absolute Gasteiger partial charge is 0.200 e. The lowest BCUT2D eigenvalue weighted by Gasteiger charge is -2.13. The number of aromatic amines is 1. The second-order valence-corrected chi connectivity index (χ2v) is 7.30. The van der Waals surface area contributed by atoms with Gasteiger partial charge in [0.25, 0.3) is 0 Å². The second-order valence-electron chi connectivity index (χ2n) is 6.91. The Morgan fingerprint density at radius 3 is 2.41 bits per heavy atom. The Morgan fingerprint density at radius 1 is 0.862 bits per heavy atom. The first-order chi connectivity index (χ1) is 14.2. The van der Waals surface area contributed by atoms with Crippen molar-refractivity contribution in [2.45, 2.75) is 6.92 Å². The quantitative estimate of drug-likeness (QED) is 0.375. The van der Waals surface area contributed by atoms with Crippen molar-refractivity contribution in [3.63, 3.8) is 0 Å². The fourth-order valence-corrected chi connectivity index (χ4v) is 3.86.